The van der Waals surface area contributed by atoms with Crippen molar-refractivity contribution in [1.29, 1.82) is 0 Å². The lowest BCUT2D eigenvalue weighted by Crippen LogP contribution is -2.36. The molecule has 0 N–H and O–H groups in total. The molecule has 0 aliphatic heterocycles. The smallest absolute Gasteiger partial charge is 0.453 e. The van der Waals surface area contributed by atoms with E-state index in [1.54, 1.807) is 0 Å². The predicted molar refractivity (Wildman–Crippen MR) is 57.6 cm³/mol. The van der Waals surface area contributed by atoms with Crippen LogP contribution in [0.2, 0.25) is 0 Å². The first-order valence-corrected chi connectivity index (χ1v) is 5.39. The Hall–Kier alpha value is -1.66. The van der Waals surface area contributed by atoms with E-state index in [2.05, 4.69) is 0 Å². The lowest BCUT2D eigenvalue weighted by molar-refractivity contribution is -0.284. The first-order chi connectivity index (χ1) is 8.76. The van der Waals surface area contributed by atoms with Crippen molar-refractivity contribution in [3.63, 3.8) is 0 Å². The van der Waals surface area contributed by atoms with Gasteiger partial charge >= 0.3 is 12.1 Å². The predicted octanol–water partition coefficient (Wildman–Crippen LogP) is 3.86. The molecule has 106 valence electrons. The molecule has 1 aromatic carbocycles. The standard InChI is InChI=1S/C12H11F5O2/c13-11(14,12(15,16)17)6-1-7-19-10-4-2-9(8-18)3-5-10/h2-5,8H,1,6-7H2. The van der Waals surface area contributed by atoms with E-state index in [0.717, 1.165) is 0 Å². The number of aldehydes is 1. The van der Waals surface area contributed by atoms with Gasteiger partial charge in [-0.3, -0.25) is 4.79 Å². The van der Waals surface area contributed by atoms with E-state index in [-0.39, 0.29) is 6.61 Å². The fourth-order valence-electron chi connectivity index (χ4n) is 1.27. The minimum Gasteiger partial charge on any atom is -0.494 e. The third-order valence-electron chi connectivity index (χ3n) is 2.33. The number of hydrogen-bond donors (Lipinski definition) is 0. The number of alkyl halides is 5. The minimum atomic E-state index is -5.53. The van der Waals surface area contributed by atoms with Gasteiger partial charge in [-0.1, -0.05) is 0 Å². The molecule has 0 saturated heterocycles. The number of halogens is 5. The van der Waals surface area contributed by atoms with Gasteiger partial charge in [0.05, 0.1) is 6.61 Å². The molecule has 0 fully saturated rings. The zero-order valence-electron chi connectivity index (χ0n) is 9.71. The van der Waals surface area contributed by atoms with Crippen molar-refractivity contribution in [2.45, 2.75) is 24.9 Å². The van der Waals surface area contributed by atoms with Gasteiger partial charge in [0.1, 0.15) is 12.0 Å². The lowest BCUT2D eigenvalue weighted by Gasteiger charge is -2.19. The molecule has 0 bridgehead atoms. The van der Waals surface area contributed by atoms with Gasteiger partial charge in [-0.05, 0) is 30.7 Å². The van der Waals surface area contributed by atoms with E-state index < -0.39 is 24.9 Å². The Balaban J connectivity index is 2.36. The van der Waals surface area contributed by atoms with E-state index in [1.807, 2.05) is 0 Å². The molecule has 19 heavy (non-hydrogen) atoms. The average molecular weight is 282 g/mol. The van der Waals surface area contributed by atoms with E-state index in [0.29, 0.717) is 17.6 Å². The maximum atomic E-state index is 12.5. The van der Waals surface area contributed by atoms with Crippen molar-refractivity contribution >= 4 is 6.29 Å². The van der Waals surface area contributed by atoms with Gasteiger partial charge < -0.3 is 4.74 Å². The van der Waals surface area contributed by atoms with Gasteiger partial charge in [0.15, 0.2) is 0 Å². The highest BCUT2D eigenvalue weighted by atomic mass is 19.4. The van der Waals surface area contributed by atoms with Crippen molar-refractivity contribution < 1.29 is 31.5 Å². The molecule has 0 aliphatic carbocycles. The maximum absolute atomic E-state index is 12.5. The summed E-state index contributed by atoms with van der Waals surface area (Å²) in [4.78, 5) is 10.4. The highest BCUT2D eigenvalue weighted by Gasteiger charge is 2.56. The minimum absolute atomic E-state index is 0.258. The summed E-state index contributed by atoms with van der Waals surface area (Å²) in [6, 6.07) is 5.77. The highest BCUT2D eigenvalue weighted by Crippen LogP contribution is 2.38. The van der Waals surface area contributed by atoms with Crippen LogP contribution in [-0.2, 0) is 0 Å². The van der Waals surface area contributed by atoms with Gasteiger partial charge in [-0.15, -0.1) is 0 Å². The van der Waals surface area contributed by atoms with E-state index in [1.165, 1.54) is 24.3 Å². The van der Waals surface area contributed by atoms with Crippen LogP contribution >= 0.6 is 0 Å². The number of carbonyl (C=O) groups excluding carboxylic acids is 1. The fraction of sp³-hybridized carbons (Fsp3) is 0.417. The summed E-state index contributed by atoms with van der Waals surface area (Å²) >= 11 is 0. The second-order valence-electron chi connectivity index (χ2n) is 3.84. The summed E-state index contributed by atoms with van der Waals surface area (Å²) in [7, 11) is 0. The third-order valence-corrected chi connectivity index (χ3v) is 2.33. The lowest BCUT2D eigenvalue weighted by atomic mass is 10.2. The molecule has 0 aromatic heterocycles. The Morgan fingerprint density at radius 1 is 1.05 bits per heavy atom. The van der Waals surface area contributed by atoms with Crippen LogP contribution in [0.1, 0.15) is 23.2 Å². The molecule has 0 atom stereocenters. The second kappa shape index (κ2) is 5.99. The summed E-state index contributed by atoms with van der Waals surface area (Å²) in [6.45, 7) is -0.258. The van der Waals surface area contributed by atoms with E-state index in [9.17, 15) is 26.7 Å². The van der Waals surface area contributed by atoms with Crippen molar-refractivity contribution in [3.05, 3.63) is 29.8 Å². The number of ether oxygens (including phenoxy) is 1. The molecule has 0 spiro atoms. The molecule has 0 radical (unpaired) electrons. The molecule has 0 saturated carbocycles. The van der Waals surface area contributed by atoms with Gasteiger partial charge in [-0.2, -0.15) is 22.0 Å². The van der Waals surface area contributed by atoms with Crippen LogP contribution in [0.3, 0.4) is 0 Å². The van der Waals surface area contributed by atoms with Crippen LogP contribution in [0.4, 0.5) is 22.0 Å². The molecular weight excluding hydrogens is 271 g/mol. The average Bonchev–Trinajstić information content (AvgIpc) is 2.34. The normalized spacial score (nSPS) is 12.3. The first-order valence-electron chi connectivity index (χ1n) is 5.39. The van der Waals surface area contributed by atoms with Crippen molar-refractivity contribution in [3.8, 4) is 5.75 Å². The largest absolute Gasteiger partial charge is 0.494 e. The number of hydrogen-bond acceptors (Lipinski definition) is 2. The van der Waals surface area contributed by atoms with E-state index >= 15 is 0 Å². The third kappa shape index (κ3) is 4.50. The Morgan fingerprint density at radius 2 is 1.63 bits per heavy atom. The molecule has 0 heterocycles. The molecule has 2 nitrogen and oxygen atoms in total. The quantitative estimate of drug-likeness (QED) is 0.450. The van der Waals surface area contributed by atoms with Crippen LogP contribution in [-0.4, -0.2) is 25.0 Å². The van der Waals surface area contributed by atoms with Crippen LogP contribution in [0, 0.1) is 0 Å². The fourth-order valence-corrected chi connectivity index (χ4v) is 1.27. The Bertz CT molecular complexity index is 411. The molecule has 1 aromatic rings. The van der Waals surface area contributed by atoms with E-state index in [4.69, 9.17) is 4.74 Å². The SMILES string of the molecule is O=Cc1ccc(OCCCC(F)(F)C(F)(F)F)cc1. The molecule has 1 rings (SSSR count). The van der Waals surface area contributed by atoms with Crippen LogP contribution in [0.5, 0.6) is 5.75 Å². The molecule has 7 heteroatoms. The second-order valence-corrected chi connectivity index (χ2v) is 3.84. The van der Waals surface area contributed by atoms with Crippen molar-refractivity contribution in [1.82, 2.24) is 0 Å². The van der Waals surface area contributed by atoms with Crippen LogP contribution in [0.15, 0.2) is 24.3 Å². The number of carbonyl (C=O) groups is 1. The maximum Gasteiger partial charge on any atom is 0.453 e. The summed E-state index contributed by atoms with van der Waals surface area (Å²) in [5, 5.41) is 0. The Kier molecular flexibility index (Phi) is 4.85. The van der Waals surface area contributed by atoms with Gasteiger partial charge in [0, 0.05) is 12.0 Å². The molecular formula is C12H11F5O2. The van der Waals surface area contributed by atoms with Crippen LogP contribution in [0.25, 0.3) is 0 Å². The highest BCUT2D eigenvalue weighted by molar-refractivity contribution is 5.74. The van der Waals surface area contributed by atoms with Gasteiger partial charge in [0.2, 0.25) is 0 Å². The topological polar surface area (TPSA) is 26.3 Å². The zero-order chi connectivity index (χ0) is 14.5. The summed E-state index contributed by atoms with van der Waals surface area (Å²) in [5.74, 6) is -4.39. The Labute approximate surface area is 106 Å². The Morgan fingerprint density at radius 3 is 2.11 bits per heavy atom. The van der Waals surface area contributed by atoms with Gasteiger partial charge in [0.25, 0.3) is 0 Å². The molecule has 0 amide bonds. The summed E-state index contributed by atoms with van der Waals surface area (Å²) in [5.41, 5.74) is 0.413. The number of benzene rings is 1. The summed E-state index contributed by atoms with van der Waals surface area (Å²) < 4.78 is 65.6. The van der Waals surface area contributed by atoms with Gasteiger partial charge in [-0.25, -0.2) is 0 Å². The monoisotopic (exact) mass is 282 g/mol. The molecule has 0 unspecified atom stereocenters. The number of rotatable bonds is 6. The van der Waals surface area contributed by atoms with Crippen molar-refractivity contribution in [2.75, 3.05) is 6.61 Å². The van der Waals surface area contributed by atoms with Crippen molar-refractivity contribution in [2.24, 2.45) is 0 Å². The van der Waals surface area contributed by atoms with Crippen LogP contribution < -0.4 is 4.74 Å². The molecule has 0 aliphatic rings. The first kappa shape index (κ1) is 15.4. The zero-order valence-corrected chi connectivity index (χ0v) is 9.71. The summed E-state index contributed by atoms with van der Waals surface area (Å²) in [6.07, 6.45) is -6.66.